The molecule has 29 heavy (non-hydrogen) atoms. The molecule has 2 aromatic rings. The van der Waals surface area contributed by atoms with E-state index in [0.717, 1.165) is 11.7 Å². The van der Waals surface area contributed by atoms with Crippen molar-refractivity contribution >= 4 is 27.3 Å². The van der Waals surface area contributed by atoms with Crippen LogP contribution in [0.4, 0.5) is 4.39 Å². The Labute approximate surface area is 173 Å². The summed E-state index contributed by atoms with van der Waals surface area (Å²) in [6, 6.07) is 3.96. The number of amides is 1. The van der Waals surface area contributed by atoms with Crippen LogP contribution in [0.15, 0.2) is 42.1 Å². The Balaban J connectivity index is 2.06. The van der Waals surface area contributed by atoms with Crippen LogP contribution in [0.5, 0.6) is 5.75 Å². The first kappa shape index (κ1) is 22.8. The standard InChI is InChI=1S/C19H21ClFN3O4S/c1-4-16(14-6-5-7-15(21)17(14)20)28-13-10-22-18(23-11-13)19(25)24-12(2)8-9-29(3,26)27/h5-12,16H,4H2,1-3H3,(H,24,25)/b9-8+/t12-,16-/m1/s1. The van der Waals surface area contributed by atoms with E-state index in [9.17, 15) is 17.6 Å². The van der Waals surface area contributed by atoms with Gasteiger partial charge in [0, 0.05) is 23.3 Å². The number of ether oxygens (including phenoxy) is 1. The molecule has 0 unspecified atom stereocenters. The number of nitrogens with zero attached hydrogens (tertiary/aromatic N) is 2. The first-order valence-electron chi connectivity index (χ1n) is 8.72. The summed E-state index contributed by atoms with van der Waals surface area (Å²) in [7, 11) is -3.28. The summed E-state index contributed by atoms with van der Waals surface area (Å²) in [4.78, 5) is 20.1. The molecule has 0 bridgehead atoms. The summed E-state index contributed by atoms with van der Waals surface area (Å²) in [5.41, 5.74) is 0.502. The second kappa shape index (κ2) is 9.80. The normalized spacial score (nSPS) is 13.8. The molecule has 7 nitrogen and oxygen atoms in total. The highest BCUT2D eigenvalue weighted by Crippen LogP contribution is 2.30. The minimum Gasteiger partial charge on any atom is -0.482 e. The van der Waals surface area contributed by atoms with Gasteiger partial charge in [-0.3, -0.25) is 4.79 Å². The maximum absolute atomic E-state index is 13.7. The molecule has 0 radical (unpaired) electrons. The quantitative estimate of drug-likeness (QED) is 0.673. The maximum atomic E-state index is 13.7. The van der Waals surface area contributed by atoms with Gasteiger partial charge in [-0.2, -0.15) is 0 Å². The zero-order chi connectivity index (χ0) is 21.6. The van der Waals surface area contributed by atoms with Crippen molar-refractivity contribution in [3.63, 3.8) is 0 Å². The fraction of sp³-hybridized carbons (Fsp3) is 0.316. The van der Waals surface area contributed by atoms with Crippen LogP contribution in [0.2, 0.25) is 5.02 Å². The zero-order valence-corrected chi connectivity index (χ0v) is 17.7. The Bertz CT molecular complexity index is 997. The fourth-order valence-corrected chi connectivity index (χ4v) is 3.14. The van der Waals surface area contributed by atoms with Gasteiger partial charge in [-0.15, -0.1) is 0 Å². The molecule has 156 valence electrons. The van der Waals surface area contributed by atoms with Crippen molar-refractivity contribution in [3.05, 3.63) is 64.3 Å². The number of hydrogen-bond acceptors (Lipinski definition) is 6. The van der Waals surface area contributed by atoms with Crippen molar-refractivity contribution in [2.75, 3.05) is 6.26 Å². The molecule has 0 aliphatic rings. The lowest BCUT2D eigenvalue weighted by Crippen LogP contribution is -2.32. The van der Waals surface area contributed by atoms with Crippen LogP contribution in [-0.2, 0) is 9.84 Å². The van der Waals surface area contributed by atoms with Gasteiger partial charge in [-0.1, -0.05) is 36.7 Å². The van der Waals surface area contributed by atoms with Gasteiger partial charge in [0.05, 0.1) is 17.4 Å². The van der Waals surface area contributed by atoms with Crippen LogP contribution in [0.1, 0.15) is 42.6 Å². The lowest BCUT2D eigenvalue weighted by atomic mass is 10.1. The molecule has 2 atom stereocenters. The lowest BCUT2D eigenvalue weighted by Gasteiger charge is -2.19. The van der Waals surface area contributed by atoms with Gasteiger partial charge >= 0.3 is 0 Å². The molecule has 0 saturated carbocycles. The number of nitrogens with one attached hydrogen (secondary N) is 1. The highest BCUT2D eigenvalue weighted by atomic mass is 35.5. The van der Waals surface area contributed by atoms with E-state index in [0.29, 0.717) is 17.7 Å². The predicted octanol–water partition coefficient (Wildman–Crippen LogP) is 3.48. The minimum absolute atomic E-state index is 0.00704. The summed E-state index contributed by atoms with van der Waals surface area (Å²) < 4.78 is 41.7. The largest absolute Gasteiger partial charge is 0.482 e. The van der Waals surface area contributed by atoms with Crippen molar-refractivity contribution in [2.45, 2.75) is 32.4 Å². The molecule has 0 spiro atoms. The highest BCUT2D eigenvalue weighted by molar-refractivity contribution is 7.93. The number of benzene rings is 1. The molecule has 1 heterocycles. The third-order valence-corrected chi connectivity index (χ3v) is 4.83. The second-order valence-electron chi connectivity index (χ2n) is 6.32. The molecular weight excluding hydrogens is 421 g/mol. The summed E-state index contributed by atoms with van der Waals surface area (Å²) in [6.45, 7) is 3.48. The monoisotopic (exact) mass is 441 g/mol. The average Bonchev–Trinajstić information content (AvgIpc) is 2.67. The molecule has 0 aliphatic heterocycles. The number of aromatic nitrogens is 2. The van der Waals surface area contributed by atoms with Crippen LogP contribution in [0, 0.1) is 5.82 Å². The number of hydrogen-bond donors (Lipinski definition) is 1. The second-order valence-corrected chi connectivity index (χ2v) is 8.63. The number of carbonyl (C=O) groups is 1. The molecule has 0 aliphatic carbocycles. The van der Waals surface area contributed by atoms with E-state index in [-0.39, 0.29) is 10.8 Å². The lowest BCUT2D eigenvalue weighted by molar-refractivity contribution is 0.0936. The van der Waals surface area contributed by atoms with Crippen molar-refractivity contribution in [1.82, 2.24) is 15.3 Å². The Morgan fingerprint density at radius 3 is 2.59 bits per heavy atom. The summed E-state index contributed by atoms with van der Waals surface area (Å²) >= 11 is 6.02. The van der Waals surface area contributed by atoms with E-state index in [4.69, 9.17) is 16.3 Å². The number of rotatable bonds is 8. The van der Waals surface area contributed by atoms with Crippen molar-refractivity contribution < 1.29 is 22.3 Å². The smallest absolute Gasteiger partial charge is 0.289 e. The van der Waals surface area contributed by atoms with Crippen molar-refractivity contribution in [2.24, 2.45) is 0 Å². The van der Waals surface area contributed by atoms with Gasteiger partial charge in [0.25, 0.3) is 5.91 Å². The number of carbonyl (C=O) groups excluding carboxylic acids is 1. The van der Waals surface area contributed by atoms with E-state index >= 15 is 0 Å². The third-order valence-electron chi connectivity index (χ3n) is 3.78. The molecule has 2 rings (SSSR count). The predicted molar refractivity (Wildman–Crippen MR) is 108 cm³/mol. The molecule has 1 aromatic heterocycles. The molecule has 1 N–H and O–H groups in total. The summed E-state index contributed by atoms with van der Waals surface area (Å²) in [5, 5.41) is 3.57. The van der Waals surface area contributed by atoms with Crippen LogP contribution in [0.25, 0.3) is 0 Å². The van der Waals surface area contributed by atoms with Crippen LogP contribution in [0.3, 0.4) is 0 Å². The van der Waals surface area contributed by atoms with Crippen LogP contribution >= 0.6 is 11.6 Å². The average molecular weight is 442 g/mol. The minimum atomic E-state index is -3.28. The first-order valence-corrected chi connectivity index (χ1v) is 11.1. The molecule has 0 fully saturated rings. The Morgan fingerprint density at radius 1 is 1.34 bits per heavy atom. The van der Waals surface area contributed by atoms with E-state index in [1.807, 2.05) is 6.92 Å². The number of sulfone groups is 1. The van der Waals surface area contributed by atoms with Gasteiger partial charge in [0.1, 0.15) is 11.9 Å². The molecule has 1 amide bonds. The third kappa shape index (κ3) is 6.79. The van der Waals surface area contributed by atoms with Crippen molar-refractivity contribution in [3.8, 4) is 5.75 Å². The van der Waals surface area contributed by atoms with Crippen molar-refractivity contribution in [1.29, 1.82) is 0 Å². The van der Waals surface area contributed by atoms with E-state index < -0.39 is 33.7 Å². The van der Waals surface area contributed by atoms with E-state index in [2.05, 4.69) is 15.3 Å². The van der Waals surface area contributed by atoms with Gasteiger partial charge in [-0.05, 0) is 19.4 Å². The topological polar surface area (TPSA) is 98.2 Å². The van der Waals surface area contributed by atoms with Gasteiger partial charge in [-0.25, -0.2) is 22.8 Å². The van der Waals surface area contributed by atoms with Crippen LogP contribution in [-0.4, -0.2) is 36.6 Å². The van der Waals surface area contributed by atoms with E-state index in [1.54, 1.807) is 19.1 Å². The SMILES string of the molecule is CC[C@@H](Oc1cnc(C(=O)N[C@H](C)/C=C/S(C)(=O)=O)nc1)c1cccc(F)c1Cl. The Hall–Kier alpha value is -2.52. The summed E-state index contributed by atoms with van der Waals surface area (Å²) in [6.07, 6.45) is 5.07. The number of halogens is 2. The van der Waals surface area contributed by atoms with Gasteiger partial charge in [0.15, 0.2) is 15.6 Å². The van der Waals surface area contributed by atoms with Gasteiger partial charge < -0.3 is 10.1 Å². The van der Waals surface area contributed by atoms with Crippen LogP contribution < -0.4 is 10.1 Å². The zero-order valence-electron chi connectivity index (χ0n) is 16.1. The van der Waals surface area contributed by atoms with Gasteiger partial charge in [0.2, 0.25) is 5.82 Å². The first-order chi connectivity index (χ1) is 13.6. The fourth-order valence-electron chi connectivity index (χ4n) is 2.37. The van der Waals surface area contributed by atoms with E-state index in [1.165, 1.54) is 24.5 Å². The summed E-state index contributed by atoms with van der Waals surface area (Å²) in [5.74, 6) is -0.913. The molecular formula is C19H21ClFN3O4S. The molecule has 0 saturated heterocycles. The highest BCUT2D eigenvalue weighted by Gasteiger charge is 2.18. The molecule has 10 heteroatoms. The molecule has 1 aromatic carbocycles. The maximum Gasteiger partial charge on any atom is 0.289 e. The Kier molecular flexibility index (Phi) is 7.69. The Morgan fingerprint density at radius 2 is 2.00 bits per heavy atom.